The van der Waals surface area contributed by atoms with E-state index >= 15 is 0 Å². The molecule has 1 heterocycles. The maximum atomic E-state index is 5.71. The highest BCUT2D eigenvalue weighted by atomic mass is 79.9. The van der Waals surface area contributed by atoms with Gasteiger partial charge in [-0.2, -0.15) is 0 Å². The second-order valence-corrected chi connectivity index (χ2v) is 4.48. The molecule has 0 aliphatic carbocycles. The lowest BCUT2D eigenvalue weighted by Gasteiger charge is -2.10. The summed E-state index contributed by atoms with van der Waals surface area (Å²) in [6.45, 7) is 0.909. The summed E-state index contributed by atoms with van der Waals surface area (Å²) >= 11 is 3.41. The zero-order chi connectivity index (χ0) is 12.1. The summed E-state index contributed by atoms with van der Waals surface area (Å²) in [5.74, 6) is 0.807. The topological polar surface area (TPSA) is 48.1 Å². The summed E-state index contributed by atoms with van der Waals surface area (Å²) in [6, 6.07) is 11.6. The van der Waals surface area contributed by atoms with Crippen LogP contribution in [0.1, 0.15) is 11.3 Å². The highest BCUT2D eigenvalue weighted by Crippen LogP contribution is 2.23. The van der Waals surface area contributed by atoms with Crippen LogP contribution in [0.15, 0.2) is 47.1 Å². The molecule has 0 fully saturated rings. The number of nitrogens with two attached hydrogens (primary N) is 1. The SMILES string of the molecule is Cl.Cl.NCc1cc(Br)ccc1OCc1ccccn1. The van der Waals surface area contributed by atoms with Gasteiger partial charge in [0.25, 0.3) is 0 Å². The molecule has 0 aliphatic heterocycles. The van der Waals surface area contributed by atoms with Crippen LogP contribution < -0.4 is 10.5 Å². The number of halogens is 3. The summed E-state index contributed by atoms with van der Waals surface area (Å²) in [7, 11) is 0. The van der Waals surface area contributed by atoms with Crippen molar-refractivity contribution in [1.29, 1.82) is 0 Å². The van der Waals surface area contributed by atoms with E-state index in [-0.39, 0.29) is 24.8 Å². The van der Waals surface area contributed by atoms with E-state index in [2.05, 4.69) is 20.9 Å². The number of hydrogen-bond acceptors (Lipinski definition) is 3. The Morgan fingerprint density at radius 2 is 1.95 bits per heavy atom. The Bertz CT molecular complexity index is 497. The van der Waals surface area contributed by atoms with Gasteiger partial charge in [-0.1, -0.05) is 22.0 Å². The first-order chi connectivity index (χ1) is 8.29. The smallest absolute Gasteiger partial charge is 0.130 e. The van der Waals surface area contributed by atoms with E-state index in [0.717, 1.165) is 21.5 Å². The van der Waals surface area contributed by atoms with Crippen LogP contribution in [0.4, 0.5) is 0 Å². The van der Waals surface area contributed by atoms with Gasteiger partial charge < -0.3 is 10.5 Å². The van der Waals surface area contributed by atoms with Crippen molar-refractivity contribution in [2.75, 3.05) is 0 Å². The van der Waals surface area contributed by atoms with E-state index in [1.807, 2.05) is 36.4 Å². The summed E-state index contributed by atoms with van der Waals surface area (Å²) < 4.78 is 6.71. The van der Waals surface area contributed by atoms with E-state index in [9.17, 15) is 0 Å². The number of benzene rings is 1. The molecule has 0 spiro atoms. The van der Waals surface area contributed by atoms with Gasteiger partial charge in [-0.05, 0) is 30.3 Å². The highest BCUT2D eigenvalue weighted by Gasteiger charge is 2.03. The van der Waals surface area contributed by atoms with Crippen molar-refractivity contribution >= 4 is 40.7 Å². The Balaban J connectivity index is 0.00000162. The maximum absolute atomic E-state index is 5.71. The number of ether oxygens (including phenoxy) is 1. The predicted molar refractivity (Wildman–Crippen MR) is 85.1 cm³/mol. The summed E-state index contributed by atoms with van der Waals surface area (Å²) in [6.07, 6.45) is 1.75. The fraction of sp³-hybridized carbons (Fsp3) is 0.154. The van der Waals surface area contributed by atoms with Crippen molar-refractivity contribution in [3.05, 3.63) is 58.3 Å². The van der Waals surface area contributed by atoms with Crippen molar-refractivity contribution in [1.82, 2.24) is 4.98 Å². The van der Waals surface area contributed by atoms with Crippen molar-refractivity contribution in [2.24, 2.45) is 5.73 Å². The second-order valence-electron chi connectivity index (χ2n) is 3.57. The Morgan fingerprint density at radius 1 is 1.16 bits per heavy atom. The number of rotatable bonds is 4. The van der Waals surface area contributed by atoms with E-state index in [1.54, 1.807) is 6.20 Å². The average Bonchev–Trinajstić information content (AvgIpc) is 2.38. The third kappa shape index (κ3) is 5.37. The van der Waals surface area contributed by atoms with Crippen molar-refractivity contribution < 1.29 is 4.74 Å². The van der Waals surface area contributed by atoms with Crippen LogP contribution in [0, 0.1) is 0 Å². The largest absolute Gasteiger partial charge is 0.487 e. The third-order valence-corrected chi connectivity index (χ3v) is 2.84. The van der Waals surface area contributed by atoms with E-state index in [0.29, 0.717) is 13.2 Å². The minimum absolute atomic E-state index is 0. The monoisotopic (exact) mass is 364 g/mol. The van der Waals surface area contributed by atoms with E-state index in [1.165, 1.54) is 0 Å². The van der Waals surface area contributed by atoms with Crippen molar-refractivity contribution in [3.63, 3.8) is 0 Å². The zero-order valence-electron chi connectivity index (χ0n) is 10.1. The quantitative estimate of drug-likeness (QED) is 0.897. The molecule has 0 unspecified atom stereocenters. The van der Waals surface area contributed by atoms with Crippen LogP contribution >= 0.6 is 40.7 Å². The van der Waals surface area contributed by atoms with Gasteiger partial charge in [0.15, 0.2) is 0 Å². The number of nitrogens with zero attached hydrogens (tertiary/aromatic N) is 1. The average molecular weight is 366 g/mol. The molecule has 6 heteroatoms. The molecule has 0 bridgehead atoms. The van der Waals surface area contributed by atoms with Gasteiger partial charge in [-0.3, -0.25) is 4.98 Å². The molecule has 2 aromatic rings. The van der Waals surface area contributed by atoms with Crippen molar-refractivity contribution in [3.8, 4) is 5.75 Å². The zero-order valence-corrected chi connectivity index (χ0v) is 13.3. The standard InChI is InChI=1S/C13H13BrN2O.2ClH/c14-11-4-5-13(10(7-11)8-15)17-9-12-3-1-2-6-16-12;;/h1-7H,8-9,15H2;2*1H. The molecule has 1 aromatic carbocycles. The van der Waals surface area contributed by atoms with Crippen LogP contribution in [0.2, 0.25) is 0 Å². The van der Waals surface area contributed by atoms with Crippen molar-refractivity contribution in [2.45, 2.75) is 13.2 Å². The lowest BCUT2D eigenvalue weighted by molar-refractivity contribution is 0.298. The molecule has 0 aliphatic rings. The molecule has 0 atom stereocenters. The predicted octanol–water partition coefficient (Wildman–Crippen LogP) is 3.73. The lowest BCUT2D eigenvalue weighted by Crippen LogP contribution is -2.03. The number of hydrogen-bond donors (Lipinski definition) is 1. The van der Waals surface area contributed by atoms with Crippen LogP contribution in [0.3, 0.4) is 0 Å². The van der Waals surface area contributed by atoms with Crippen LogP contribution in [0.5, 0.6) is 5.75 Å². The molecule has 3 nitrogen and oxygen atoms in total. The van der Waals surface area contributed by atoms with Crippen LogP contribution in [0.25, 0.3) is 0 Å². The fourth-order valence-corrected chi connectivity index (χ4v) is 1.89. The van der Waals surface area contributed by atoms with E-state index < -0.39 is 0 Å². The molecular formula is C13H15BrCl2N2O. The maximum Gasteiger partial charge on any atom is 0.130 e. The Kier molecular flexibility index (Phi) is 8.76. The molecule has 2 rings (SSSR count). The minimum atomic E-state index is 0. The van der Waals surface area contributed by atoms with Crippen LogP contribution in [-0.2, 0) is 13.2 Å². The molecule has 1 aromatic heterocycles. The van der Waals surface area contributed by atoms with E-state index in [4.69, 9.17) is 10.5 Å². The summed E-state index contributed by atoms with van der Waals surface area (Å²) in [5, 5.41) is 0. The summed E-state index contributed by atoms with van der Waals surface area (Å²) in [4.78, 5) is 4.20. The first kappa shape index (κ1) is 18.2. The van der Waals surface area contributed by atoms with Gasteiger partial charge >= 0.3 is 0 Å². The minimum Gasteiger partial charge on any atom is -0.487 e. The molecule has 0 saturated heterocycles. The van der Waals surface area contributed by atoms with Gasteiger partial charge in [-0.25, -0.2) is 0 Å². The molecule has 0 radical (unpaired) electrons. The van der Waals surface area contributed by atoms with Gasteiger partial charge in [-0.15, -0.1) is 24.8 Å². The van der Waals surface area contributed by atoms with Crippen LogP contribution in [-0.4, -0.2) is 4.98 Å². The molecule has 0 saturated carbocycles. The first-order valence-electron chi connectivity index (χ1n) is 5.31. The molecule has 104 valence electrons. The summed E-state index contributed by atoms with van der Waals surface area (Å²) in [5.41, 5.74) is 7.56. The molecule has 0 amide bonds. The Morgan fingerprint density at radius 3 is 2.58 bits per heavy atom. The molecular weight excluding hydrogens is 351 g/mol. The van der Waals surface area contributed by atoms with Gasteiger partial charge in [0.2, 0.25) is 0 Å². The Labute approximate surface area is 133 Å². The molecule has 2 N–H and O–H groups in total. The Hall–Kier alpha value is -0.810. The normalized spacial score (nSPS) is 9.16. The second kappa shape index (κ2) is 9.15. The van der Waals surface area contributed by atoms with Gasteiger partial charge in [0, 0.05) is 22.8 Å². The number of pyridine rings is 1. The number of aromatic nitrogens is 1. The lowest BCUT2D eigenvalue weighted by atomic mass is 10.2. The first-order valence-corrected chi connectivity index (χ1v) is 6.10. The van der Waals surface area contributed by atoms with Gasteiger partial charge in [0.05, 0.1) is 5.69 Å². The molecule has 19 heavy (non-hydrogen) atoms. The third-order valence-electron chi connectivity index (χ3n) is 2.34. The fourth-order valence-electron chi connectivity index (χ4n) is 1.48. The highest BCUT2D eigenvalue weighted by molar-refractivity contribution is 9.10. The van der Waals surface area contributed by atoms with Gasteiger partial charge in [0.1, 0.15) is 12.4 Å².